The Balaban J connectivity index is 2.09. The summed E-state index contributed by atoms with van der Waals surface area (Å²) in [6.07, 6.45) is 9.85. The Hall–Kier alpha value is -0.910. The highest BCUT2D eigenvalue weighted by atomic mass is 32.2. The molecule has 0 saturated heterocycles. The van der Waals surface area contributed by atoms with E-state index >= 15 is 0 Å². The SMILES string of the molecule is CSCCCCCCNC(=O)NCC1(C(=O)O)CCCC1. The van der Waals surface area contributed by atoms with E-state index in [0.717, 1.165) is 25.7 Å². The van der Waals surface area contributed by atoms with Crippen molar-refractivity contribution in [3.05, 3.63) is 0 Å². The van der Waals surface area contributed by atoms with Crippen LogP contribution in [-0.2, 0) is 4.79 Å². The monoisotopic (exact) mass is 316 g/mol. The Bertz CT molecular complexity index is 331. The fraction of sp³-hybridized carbons (Fsp3) is 0.867. The lowest BCUT2D eigenvalue weighted by molar-refractivity contribution is -0.148. The van der Waals surface area contributed by atoms with Crippen molar-refractivity contribution in [3.63, 3.8) is 0 Å². The van der Waals surface area contributed by atoms with Gasteiger partial charge in [0, 0.05) is 13.1 Å². The molecule has 2 amide bonds. The molecular weight excluding hydrogens is 288 g/mol. The summed E-state index contributed by atoms with van der Waals surface area (Å²) in [4.78, 5) is 23.0. The molecule has 0 atom stereocenters. The zero-order valence-electron chi connectivity index (χ0n) is 13.0. The first-order valence-electron chi connectivity index (χ1n) is 7.85. The van der Waals surface area contributed by atoms with Gasteiger partial charge in [0.1, 0.15) is 0 Å². The topological polar surface area (TPSA) is 78.4 Å². The van der Waals surface area contributed by atoms with Crippen LogP contribution in [0.1, 0.15) is 51.4 Å². The maximum atomic E-state index is 11.7. The van der Waals surface area contributed by atoms with Crippen LogP contribution in [-0.4, -0.2) is 42.2 Å². The third-order valence-electron chi connectivity index (χ3n) is 4.16. The first-order chi connectivity index (χ1) is 10.1. The minimum atomic E-state index is -0.783. The van der Waals surface area contributed by atoms with Gasteiger partial charge in [-0.3, -0.25) is 4.79 Å². The van der Waals surface area contributed by atoms with Crippen LogP contribution in [0, 0.1) is 5.41 Å². The third kappa shape index (κ3) is 6.59. The molecule has 0 aromatic rings. The Labute approximate surface area is 131 Å². The lowest BCUT2D eigenvalue weighted by atomic mass is 9.86. The summed E-state index contributed by atoms with van der Waals surface area (Å²) in [6.45, 7) is 0.896. The number of nitrogens with one attached hydrogen (secondary N) is 2. The second-order valence-electron chi connectivity index (χ2n) is 5.81. The first kappa shape index (κ1) is 18.1. The zero-order valence-corrected chi connectivity index (χ0v) is 13.8. The van der Waals surface area contributed by atoms with E-state index in [2.05, 4.69) is 16.9 Å². The number of urea groups is 1. The summed E-state index contributed by atoms with van der Waals surface area (Å²) in [6, 6.07) is -0.244. The summed E-state index contributed by atoms with van der Waals surface area (Å²) in [5.41, 5.74) is -0.741. The normalized spacial score (nSPS) is 16.6. The predicted octanol–water partition coefficient (Wildman–Crippen LogP) is 2.85. The Morgan fingerprint density at radius 3 is 2.38 bits per heavy atom. The van der Waals surface area contributed by atoms with E-state index in [1.54, 1.807) is 0 Å². The van der Waals surface area contributed by atoms with Crippen LogP contribution >= 0.6 is 11.8 Å². The van der Waals surface area contributed by atoms with Crippen molar-refractivity contribution in [3.8, 4) is 0 Å². The largest absolute Gasteiger partial charge is 0.481 e. The van der Waals surface area contributed by atoms with Crippen molar-refractivity contribution in [2.24, 2.45) is 5.41 Å². The molecule has 21 heavy (non-hydrogen) atoms. The summed E-state index contributed by atoms with van der Waals surface area (Å²) in [5.74, 6) is 0.416. The van der Waals surface area contributed by atoms with Gasteiger partial charge < -0.3 is 15.7 Å². The molecule has 3 N–H and O–H groups in total. The van der Waals surface area contributed by atoms with Gasteiger partial charge in [0.15, 0.2) is 0 Å². The van der Waals surface area contributed by atoms with Gasteiger partial charge in [0.2, 0.25) is 0 Å². The summed E-state index contributed by atoms with van der Waals surface area (Å²) >= 11 is 1.86. The van der Waals surface area contributed by atoms with Crippen molar-refractivity contribution < 1.29 is 14.7 Å². The van der Waals surface area contributed by atoms with Gasteiger partial charge in [-0.15, -0.1) is 0 Å². The Morgan fingerprint density at radius 2 is 1.76 bits per heavy atom. The van der Waals surface area contributed by atoms with Crippen molar-refractivity contribution in [1.82, 2.24) is 10.6 Å². The molecule has 6 heteroatoms. The fourth-order valence-corrected chi connectivity index (χ4v) is 3.25. The molecule has 1 aliphatic rings. The van der Waals surface area contributed by atoms with Gasteiger partial charge in [-0.25, -0.2) is 4.79 Å². The fourth-order valence-electron chi connectivity index (χ4n) is 2.76. The number of thioether (sulfide) groups is 1. The van der Waals surface area contributed by atoms with Crippen molar-refractivity contribution in [2.75, 3.05) is 25.1 Å². The Morgan fingerprint density at radius 1 is 1.10 bits per heavy atom. The smallest absolute Gasteiger partial charge is 0.314 e. The quantitative estimate of drug-likeness (QED) is 0.542. The molecule has 0 heterocycles. The number of unbranched alkanes of at least 4 members (excludes halogenated alkanes) is 3. The first-order valence-corrected chi connectivity index (χ1v) is 9.24. The highest BCUT2D eigenvalue weighted by Gasteiger charge is 2.41. The van der Waals surface area contributed by atoms with Crippen LogP contribution in [0.25, 0.3) is 0 Å². The number of amides is 2. The molecule has 0 unspecified atom stereocenters. The minimum absolute atomic E-state index is 0.238. The molecular formula is C15H28N2O3S. The van der Waals surface area contributed by atoms with E-state index in [1.165, 1.54) is 18.6 Å². The maximum Gasteiger partial charge on any atom is 0.314 e. The van der Waals surface area contributed by atoms with E-state index in [4.69, 9.17) is 0 Å². The zero-order chi connectivity index (χ0) is 15.6. The number of hydrogen-bond donors (Lipinski definition) is 3. The van der Waals surface area contributed by atoms with Crippen molar-refractivity contribution in [1.29, 1.82) is 0 Å². The molecule has 0 bridgehead atoms. The third-order valence-corrected chi connectivity index (χ3v) is 4.86. The molecule has 5 nitrogen and oxygen atoms in total. The van der Waals surface area contributed by atoms with Gasteiger partial charge in [-0.05, 0) is 37.7 Å². The molecule has 0 aliphatic heterocycles. The second-order valence-corrected chi connectivity index (χ2v) is 6.79. The molecule has 1 aliphatic carbocycles. The molecule has 0 radical (unpaired) electrons. The highest BCUT2D eigenvalue weighted by molar-refractivity contribution is 7.98. The van der Waals surface area contributed by atoms with E-state index in [-0.39, 0.29) is 12.6 Å². The number of aliphatic carboxylic acids is 1. The summed E-state index contributed by atoms with van der Waals surface area (Å²) < 4.78 is 0. The van der Waals surface area contributed by atoms with Crippen LogP contribution in [0.2, 0.25) is 0 Å². The minimum Gasteiger partial charge on any atom is -0.481 e. The number of carbonyl (C=O) groups excluding carboxylic acids is 1. The predicted molar refractivity (Wildman–Crippen MR) is 86.8 cm³/mol. The van der Waals surface area contributed by atoms with Gasteiger partial charge in [0.25, 0.3) is 0 Å². The van der Waals surface area contributed by atoms with Gasteiger partial charge in [0.05, 0.1) is 5.41 Å². The van der Waals surface area contributed by atoms with Gasteiger partial charge >= 0.3 is 12.0 Å². The molecule has 0 aromatic heterocycles. The van der Waals surface area contributed by atoms with Crippen LogP contribution in [0.5, 0.6) is 0 Å². The van der Waals surface area contributed by atoms with Crippen LogP contribution in [0.4, 0.5) is 4.79 Å². The number of hydrogen-bond acceptors (Lipinski definition) is 3. The average Bonchev–Trinajstić information content (AvgIpc) is 2.94. The number of carboxylic acids is 1. The van der Waals surface area contributed by atoms with Crippen LogP contribution in [0.3, 0.4) is 0 Å². The standard InChI is InChI=1S/C15H28N2O3S/c1-21-11-7-3-2-6-10-16-14(20)17-12-15(13(18)19)8-4-5-9-15/h2-12H2,1H3,(H,18,19)(H2,16,17,20). The van der Waals surface area contributed by atoms with Crippen molar-refractivity contribution >= 4 is 23.8 Å². The van der Waals surface area contributed by atoms with E-state index in [9.17, 15) is 14.7 Å². The van der Waals surface area contributed by atoms with Crippen molar-refractivity contribution in [2.45, 2.75) is 51.4 Å². The molecule has 1 fully saturated rings. The molecule has 0 spiro atoms. The average molecular weight is 316 g/mol. The lowest BCUT2D eigenvalue weighted by Crippen LogP contribution is -2.45. The number of rotatable bonds is 10. The second kappa shape index (κ2) is 9.92. The molecule has 122 valence electrons. The van der Waals surface area contributed by atoms with Gasteiger partial charge in [-0.2, -0.15) is 11.8 Å². The van der Waals surface area contributed by atoms with Crippen LogP contribution < -0.4 is 10.6 Å². The number of carbonyl (C=O) groups is 2. The Kier molecular flexibility index (Phi) is 8.57. The lowest BCUT2D eigenvalue weighted by Gasteiger charge is -2.24. The molecule has 1 saturated carbocycles. The number of carboxylic acid groups (broad SMARTS) is 1. The summed E-state index contributed by atoms with van der Waals surface area (Å²) in [5, 5.41) is 14.8. The molecule has 1 rings (SSSR count). The maximum absolute atomic E-state index is 11.7. The molecule has 0 aromatic carbocycles. The van der Waals surface area contributed by atoms with E-state index in [0.29, 0.717) is 19.4 Å². The highest BCUT2D eigenvalue weighted by Crippen LogP contribution is 2.37. The summed E-state index contributed by atoms with van der Waals surface area (Å²) in [7, 11) is 0. The van der Waals surface area contributed by atoms with E-state index < -0.39 is 11.4 Å². The van der Waals surface area contributed by atoms with E-state index in [1.807, 2.05) is 11.8 Å². The van der Waals surface area contributed by atoms with Crippen LogP contribution in [0.15, 0.2) is 0 Å². The van der Waals surface area contributed by atoms with Gasteiger partial charge in [-0.1, -0.05) is 25.7 Å².